The van der Waals surface area contributed by atoms with Crippen LogP contribution in [0.2, 0.25) is 0 Å². The fraction of sp³-hybridized carbons (Fsp3) is 0.500. The van der Waals surface area contributed by atoms with Crippen molar-refractivity contribution < 1.29 is 9.84 Å². The van der Waals surface area contributed by atoms with Gasteiger partial charge in [-0.1, -0.05) is 22.0 Å². The highest BCUT2D eigenvalue weighted by Crippen LogP contribution is 2.30. The Balaban J connectivity index is 2.27. The van der Waals surface area contributed by atoms with Gasteiger partial charge in [0, 0.05) is 4.83 Å². The van der Waals surface area contributed by atoms with Gasteiger partial charge < -0.3 is 9.84 Å². The molecule has 0 radical (unpaired) electrons. The lowest BCUT2D eigenvalue weighted by molar-refractivity contribution is 0.181. The van der Waals surface area contributed by atoms with Crippen LogP contribution in [0.1, 0.15) is 30.6 Å². The van der Waals surface area contributed by atoms with Crippen molar-refractivity contribution in [3.8, 4) is 5.75 Å². The maximum absolute atomic E-state index is 9.91. The maximum atomic E-state index is 9.91. The second-order valence-electron chi connectivity index (χ2n) is 3.94. The highest BCUT2D eigenvalue weighted by molar-refractivity contribution is 9.09. The Kier molecular flexibility index (Phi) is 3.32. The Hall–Kier alpha value is -0.540. The van der Waals surface area contributed by atoms with Gasteiger partial charge in [0.15, 0.2) is 0 Å². The summed E-state index contributed by atoms with van der Waals surface area (Å²) in [4.78, 5) is 0.0695. The first kappa shape index (κ1) is 11.0. The zero-order valence-electron chi connectivity index (χ0n) is 8.74. The second-order valence-corrected chi connectivity index (χ2v) is 5.39. The van der Waals surface area contributed by atoms with E-state index in [0.717, 1.165) is 30.8 Å². The molecular weight excluding hydrogens is 256 g/mol. The van der Waals surface area contributed by atoms with E-state index in [1.54, 1.807) is 0 Å². The summed E-state index contributed by atoms with van der Waals surface area (Å²) >= 11 is 3.39. The normalized spacial score (nSPS) is 18.9. The third-order valence-electron chi connectivity index (χ3n) is 2.71. The van der Waals surface area contributed by atoms with Crippen molar-refractivity contribution in [3.63, 3.8) is 0 Å². The minimum absolute atomic E-state index is 0.0695. The van der Waals surface area contributed by atoms with Crippen molar-refractivity contribution in [2.45, 2.75) is 30.7 Å². The highest BCUT2D eigenvalue weighted by Gasteiger charge is 2.17. The Morgan fingerprint density at radius 2 is 2.27 bits per heavy atom. The zero-order valence-corrected chi connectivity index (χ0v) is 10.3. The maximum Gasteiger partial charge on any atom is 0.122 e. The van der Waals surface area contributed by atoms with Gasteiger partial charge in [-0.05, 0) is 43.0 Å². The van der Waals surface area contributed by atoms with E-state index in [-0.39, 0.29) is 4.83 Å². The number of hydrogen-bond acceptors (Lipinski definition) is 2. The van der Waals surface area contributed by atoms with E-state index in [1.807, 2.05) is 19.1 Å². The molecule has 2 unspecified atom stereocenters. The minimum Gasteiger partial charge on any atom is -0.493 e. The highest BCUT2D eigenvalue weighted by atomic mass is 79.9. The monoisotopic (exact) mass is 270 g/mol. The average molecular weight is 271 g/mol. The molecule has 2 rings (SSSR count). The van der Waals surface area contributed by atoms with Crippen LogP contribution in [0.3, 0.4) is 0 Å². The van der Waals surface area contributed by atoms with Crippen LogP contribution < -0.4 is 4.74 Å². The summed E-state index contributed by atoms with van der Waals surface area (Å²) in [7, 11) is 0. The van der Waals surface area contributed by atoms with E-state index in [2.05, 4.69) is 22.0 Å². The van der Waals surface area contributed by atoms with Crippen molar-refractivity contribution >= 4 is 15.9 Å². The Bertz CT molecular complexity index is 349. The molecule has 1 heterocycles. The van der Waals surface area contributed by atoms with Crippen LogP contribution in [-0.4, -0.2) is 16.5 Å². The van der Waals surface area contributed by atoms with Crippen molar-refractivity contribution in [1.29, 1.82) is 0 Å². The molecule has 0 fully saturated rings. The van der Waals surface area contributed by atoms with Crippen LogP contribution in [0.4, 0.5) is 0 Å². The van der Waals surface area contributed by atoms with Gasteiger partial charge in [0.05, 0.1) is 12.7 Å². The lowest BCUT2D eigenvalue weighted by atomic mass is 10.00. The summed E-state index contributed by atoms with van der Waals surface area (Å²) in [5, 5.41) is 9.91. The molecule has 1 aromatic carbocycles. The van der Waals surface area contributed by atoms with Crippen molar-refractivity contribution in [2.75, 3.05) is 6.61 Å². The largest absolute Gasteiger partial charge is 0.493 e. The van der Waals surface area contributed by atoms with E-state index < -0.39 is 6.10 Å². The SMILES string of the molecule is CC(Br)C(O)c1ccc2c(c1)CCCO2. The molecule has 2 nitrogen and oxygen atoms in total. The third-order valence-corrected chi connectivity index (χ3v) is 3.21. The molecule has 2 atom stereocenters. The predicted molar refractivity (Wildman–Crippen MR) is 63.6 cm³/mol. The number of halogens is 1. The van der Waals surface area contributed by atoms with Gasteiger partial charge in [-0.25, -0.2) is 0 Å². The number of ether oxygens (including phenoxy) is 1. The number of aliphatic hydroxyl groups excluding tert-OH is 1. The Morgan fingerprint density at radius 3 is 3.00 bits per heavy atom. The van der Waals surface area contributed by atoms with Gasteiger partial charge >= 0.3 is 0 Å². The number of rotatable bonds is 2. The summed E-state index contributed by atoms with van der Waals surface area (Å²) in [5.41, 5.74) is 2.18. The van der Waals surface area contributed by atoms with Gasteiger partial charge in [-0.2, -0.15) is 0 Å². The molecular formula is C12H15BrO2. The van der Waals surface area contributed by atoms with E-state index in [1.165, 1.54) is 5.56 Å². The molecule has 0 saturated heterocycles. The molecule has 0 aliphatic carbocycles. The molecule has 0 aromatic heterocycles. The molecule has 1 N–H and O–H groups in total. The number of benzene rings is 1. The van der Waals surface area contributed by atoms with Crippen LogP contribution >= 0.6 is 15.9 Å². The summed E-state index contributed by atoms with van der Waals surface area (Å²) in [6.45, 7) is 2.75. The summed E-state index contributed by atoms with van der Waals surface area (Å²) in [5.74, 6) is 0.972. The molecule has 0 spiro atoms. The zero-order chi connectivity index (χ0) is 10.8. The van der Waals surface area contributed by atoms with Crippen molar-refractivity contribution in [1.82, 2.24) is 0 Å². The standard InChI is InChI=1S/C12H15BrO2/c1-8(13)12(14)10-4-5-11-9(7-10)3-2-6-15-11/h4-5,7-8,12,14H,2-3,6H2,1H3. The van der Waals surface area contributed by atoms with E-state index in [0.29, 0.717) is 0 Å². The quantitative estimate of drug-likeness (QED) is 0.838. The molecule has 0 bridgehead atoms. The number of aryl methyl sites for hydroxylation is 1. The molecule has 3 heteroatoms. The lowest BCUT2D eigenvalue weighted by Crippen LogP contribution is -2.11. The summed E-state index contributed by atoms with van der Waals surface area (Å²) < 4.78 is 5.53. The summed E-state index contributed by atoms with van der Waals surface area (Å²) in [6.07, 6.45) is 1.67. The number of fused-ring (bicyclic) bond motifs is 1. The second kappa shape index (κ2) is 4.54. The van der Waals surface area contributed by atoms with E-state index >= 15 is 0 Å². The van der Waals surface area contributed by atoms with Gasteiger partial charge in [0.2, 0.25) is 0 Å². The van der Waals surface area contributed by atoms with Crippen molar-refractivity contribution in [3.05, 3.63) is 29.3 Å². The first-order chi connectivity index (χ1) is 7.18. The van der Waals surface area contributed by atoms with Crippen LogP contribution in [0.15, 0.2) is 18.2 Å². The van der Waals surface area contributed by atoms with Gasteiger partial charge in [-0.3, -0.25) is 0 Å². The van der Waals surface area contributed by atoms with Crippen LogP contribution in [-0.2, 0) is 6.42 Å². The van der Waals surface area contributed by atoms with Gasteiger partial charge in [0.25, 0.3) is 0 Å². The fourth-order valence-corrected chi connectivity index (χ4v) is 2.13. The number of aliphatic hydroxyl groups is 1. The fourth-order valence-electron chi connectivity index (χ4n) is 1.83. The van der Waals surface area contributed by atoms with Gasteiger partial charge in [0.1, 0.15) is 5.75 Å². The molecule has 1 aliphatic rings. The van der Waals surface area contributed by atoms with Crippen LogP contribution in [0.5, 0.6) is 5.75 Å². The Labute approximate surface area is 98.4 Å². The molecule has 0 amide bonds. The van der Waals surface area contributed by atoms with E-state index in [4.69, 9.17) is 4.74 Å². The molecule has 0 saturated carbocycles. The van der Waals surface area contributed by atoms with E-state index in [9.17, 15) is 5.11 Å². The average Bonchev–Trinajstić information content (AvgIpc) is 2.27. The minimum atomic E-state index is -0.447. The number of alkyl halides is 1. The smallest absolute Gasteiger partial charge is 0.122 e. The first-order valence-corrected chi connectivity index (χ1v) is 6.18. The first-order valence-electron chi connectivity index (χ1n) is 5.26. The molecule has 82 valence electrons. The van der Waals surface area contributed by atoms with Crippen LogP contribution in [0, 0.1) is 0 Å². The lowest BCUT2D eigenvalue weighted by Gasteiger charge is -2.20. The summed E-state index contributed by atoms with van der Waals surface area (Å²) in [6, 6.07) is 5.95. The third kappa shape index (κ3) is 2.34. The molecule has 1 aromatic rings. The van der Waals surface area contributed by atoms with Crippen LogP contribution in [0.25, 0.3) is 0 Å². The topological polar surface area (TPSA) is 29.5 Å². The van der Waals surface area contributed by atoms with Crippen molar-refractivity contribution in [2.24, 2.45) is 0 Å². The molecule has 1 aliphatic heterocycles. The number of hydrogen-bond donors (Lipinski definition) is 1. The predicted octanol–water partition coefficient (Wildman–Crippen LogP) is 2.83. The Morgan fingerprint density at radius 1 is 1.47 bits per heavy atom. The molecule has 15 heavy (non-hydrogen) atoms. The van der Waals surface area contributed by atoms with Gasteiger partial charge in [-0.15, -0.1) is 0 Å².